The van der Waals surface area contributed by atoms with E-state index in [9.17, 15) is 4.79 Å². The van der Waals surface area contributed by atoms with Crippen molar-refractivity contribution in [3.05, 3.63) is 54.2 Å². The third kappa shape index (κ3) is 4.25. The summed E-state index contributed by atoms with van der Waals surface area (Å²) in [5.74, 6) is 1.21. The van der Waals surface area contributed by atoms with Gasteiger partial charge in [-0.3, -0.25) is 4.79 Å². The van der Waals surface area contributed by atoms with E-state index in [1.54, 1.807) is 0 Å². The SMILES string of the molecule is Cc1ccc(NCCC(=O)N2CCN(c3ccccn3)CC2)cc1. The molecule has 0 aliphatic carbocycles. The summed E-state index contributed by atoms with van der Waals surface area (Å²) in [4.78, 5) is 20.9. The molecule has 1 aromatic carbocycles. The summed E-state index contributed by atoms with van der Waals surface area (Å²) in [5, 5.41) is 3.31. The number of anilines is 2. The van der Waals surface area contributed by atoms with Crippen LogP contribution in [-0.4, -0.2) is 48.5 Å². The van der Waals surface area contributed by atoms with Crippen LogP contribution in [0, 0.1) is 6.92 Å². The fraction of sp³-hybridized carbons (Fsp3) is 0.368. The van der Waals surface area contributed by atoms with Gasteiger partial charge in [0.15, 0.2) is 0 Å². The largest absolute Gasteiger partial charge is 0.385 e. The molecule has 0 atom stereocenters. The van der Waals surface area contributed by atoms with E-state index in [4.69, 9.17) is 0 Å². The van der Waals surface area contributed by atoms with E-state index in [1.165, 1.54) is 5.56 Å². The third-order valence-electron chi connectivity index (χ3n) is 4.33. The van der Waals surface area contributed by atoms with E-state index < -0.39 is 0 Å². The van der Waals surface area contributed by atoms with Crippen LogP contribution in [0.15, 0.2) is 48.7 Å². The van der Waals surface area contributed by atoms with Gasteiger partial charge in [-0.05, 0) is 31.2 Å². The molecule has 2 heterocycles. The average Bonchev–Trinajstić information content (AvgIpc) is 2.64. The molecule has 1 N–H and O–H groups in total. The molecule has 1 aliphatic heterocycles. The van der Waals surface area contributed by atoms with E-state index >= 15 is 0 Å². The maximum absolute atomic E-state index is 12.3. The summed E-state index contributed by atoms with van der Waals surface area (Å²) in [5.41, 5.74) is 2.30. The van der Waals surface area contributed by atoms with Gasteiger partial charge in [-0.15, -0.1) is 0 Å². The van der Waals surface area contributed by atoms with Crippen molar-refractivity contribution in [2.75, 3.05) is 42.9 Å². The van der Waals surface area contributed by atoms with Crippen molar-refractivity contribution in [2.24, 2.45) is 0 Å². The number of aromatic nitrogens is 1. The van der Waals surface area contributed by atoms with Crippen molar-refractivity contribution in [1.29, 1.82) is 0 Å². The zero-order valence-electron chi connectivity index (χ0n) is 14.1. The van der Waals surface area contributed by atoms with Crippen LogP contribution in [0.25, 0.3) is 0 Å². The van der Waals surface area contributed by atoms with Crippen LogP contribution in [-0.2, 0) is 4.79 Å². The zero-order chi connectivity index (χ0) is 16.8. The molecular formula is C19H24N4O. The quantitative estimate of drug-likeness (QED) is 0.918. The molecule has 0 spiro atoms. The van der Waals surface area contributed by atoms with Crippen LogP contribution in [0.2, 0.25) is 0 Å². The lowest BCUT2D eigenvalue weighted by molar-refractivity contribution is -0.131. The second-order valence-corrected chi connectivity index (χ2v) is 6.10. The number of rotatable bonds is 5. The number of benzene rings is 1. The van der Waals surface area contributed by atoms with Crippen LogP contribution in [0.1, 0.15) is 12.0 Å². The Balaban J connectivity index is 1.41. The van der Waals surface area contributed by atoms with Gasteiger partial charge in [0.25, 0.3) is 0 Å². The maximum Gasteiger partial charge on any atom is 0.224 e. The number of hydrogen-bond donors (Lipinski definition) is 1. The van der Waals surface area contributed by atoms with E-state index in [-0.39, 0.29) is 5.91 Å². The molecule has 1 saturated heterocycles. The number of carbonyl (C=O) groups is 1. The molecule has 24 heavy (non-hydrogen) atoms. The summed E-state index contributed by atoms with van der Waals surface area (Å²) >= 11 is 0. The molecule has 0 radical (unpaired) electrons. The summed E-state index contributed by atoms with van der Waals surface area (Å²) < 4.78 is 0. The van der Waals surface area contributed by atoms with Gasteiger partial charge in [0.2, 0.25) is 5.91 Å². The molecule has 0 saturated carbocycles. The summed E-state index contributed by atoms with van der Waals surface area (Å²) in [7, 11) is 0. The molecule has 1 amide bonds. The fourth-order valence-electron chi connectivity index (χ4n) is 2.87. The van der Waals surface area contributed by atoms with Gasteiger partial charge >= 0.3 is 0 Å². The number of carbonyl (C=O) groups excluding carboxylic acids is 1. The molecule has 1 aromatic heterocycles. The van der Waals surface area contributed by atoms with E-state index in [2.05, 4.69) is 34.3 Å². The number of amides is 1. The summed E-state index contributed by atoms with van der Waals surface area (Å²) in [6.07, 6.45) is 2.33. The van der Waals surface area contributed by atoms with Crippen molar-refractivity contribution in [3.8, 4) is 0 Å². The third-order valence-corrected chi connectivity index (χ3v) is 4.33. The molecule has 0 unspecified atom stereocenters. The Labute approximate surface area is 143 Å². The van der Waals surface area contributed by atoms with Crippen molar-refractivity contribution >= 4 is 17.4 Å². The van der Waals surface area contributed by atoms with Crippen LogP contribution < -0.4 is 10.2 Å². The molecule has 3 rings (SSSR count). The summed E-state index contributed by atoms with van der Waals surface area (Å²) in [6, 6.07) is 14.2. The first-order chi connectivity index (χ1) is 11.7. The molecule has 126 valence electrons. The first kappa shape index (κ1) is 16.3. The van der Waals surface area contributed by atoms with Crippen molar-refractivity contribution < 1.29 is 4.79 Å². The molecule has 2 aromatic rings. The Morgan fingerprint density at radius 3 is 2.50 bits per heavy atom. The van der Waals surface area contributed by atoms with Gasteiger partial charge in [0, 0.05) is 51.0 Å². The molecular weight excluding hydrogens is 300 g/mol. The number of piperazine rings is 1. The van der Waals surface area contributed by atoms with Gasteiger partial charge in [-0.2, -0.15) is 0 Å². The highest BCUT2D eigenvalue weighted by atomic mass is 16.2. The lowest BCUT2D eigenvalue weighted by atomic mass is 10.2. The zero-order valence-corrected chi connectivity index (χ0v) is 14.1. The van der Waals surface area contributed by atoms with Gasteiger partial charge in [0.05, 0.1) is 0 Å². The van der Waals surface area contributed by atoms with Crippen molar-refractivity contribution in [1.82, 2.24) is 9.88 Å². The Hall–Kier alpha value is -2.56. The molecule has 0 bridgehead atoms. The predicted octanol–water partition coefficient (Wildman–Crippen LogP) is 2.54. The normalized spacial score (nSPS) is 14.5. The number of nitrogens with zero attached hydrogens (tertiary/aromatic N) is 3. The molecule has 5 nitrogen and oxygen atoms in total. The number of nitrogens with one attached hydrogen (secondary N) is 1. The molecule has 1 fully saturated rings. The fourth-order valence-corrected chi connectivity index (χ4v) is 2.87. The minimum absolute atomic E-state index is 0.218. The average molecular weight is 324 g/mol. The van der Waals surface area contributed by atoms with Crippen LogP contribution in [0.3, 0.4) is 0 Å². The second-order valence-electron chi connectivity index (χ2n) is 6.10. The number of hydrogen-bond acceptors (Lipinski definition) is 4. The Morgan fingerprint density at radius 2 is 1.83 bits per heavy atom. The second kappa shape index (κ2) is 7.81. The lowest BCUT2D eigenvalue weighted by Gasteiger charge is -2.35. The van der Waals surface area contributed by atoms with Crippen LogP contribution in [0.4, 0.5) is 11.5 Å². The highest BCUT2D eigenvalue weighted by molar-refractivity contribution is 5.77. The molecule has 1 aliphatic rings. The van der Waals surface area contributed by atoms with Gasteiger partial charge in [-0.1, -0.05) is 23.8 Å². The Morgan fingerprint density at radius 1 is 1.08 bits per heavy atom. The standard InChI is InChI=1S/C19H24N4O/c1-16-5-7-17(8-6-16)20-11-9-19(24)23-14-12-22(13-15-23)18-4-2-3-10-21-18/h2-8,10,20H,9,11-15H2,1H3. The minimum Gasteiger partial charge on any atom is -0.385 e. The first-order valence-electron chi connectivity index (χ1n) is 8.47. The lowest BCUT2D eigenvalue weighted by Crippen LogP contribution is -2.49. The van der Waals surface area contributed by atoms with E-state index in [0.29, 0.717) is 13.0 Å². The van der Waals surface area contributed by atoms with E-state index in [0.717, 1.165) is 37.7 Å². The number of aryl methyl sites for hydroxylation is 1. The van der Waals surface area contributed by atoms with Crippen molar-refractivity contribution in [3.63, 3.8) is 0 Å². The monoisotopic (exact) mass is 324 g/mol. The summed E-state index contributed by atoms with van der Waals surface area (Å²) in [6.45, 7) is 5.95. The minimum atomic E-state index is 0.218. The smallest absolute Gasteiger partial charge is 0.224 e. The van der Waals surface area contributed by atoms with Gasteiger partial charge in [0.1, 0.15) is 5.82 Å². The Kier molecular flexibility index (Phi) is 5.31. The van der Waals surface area contributed by atoms with Gasteiger partial charge < -0.3 is 15.1 Å². The Bertz CT molecular complexity index is 649. The highest BCUT2D eigenvalue weighted by Crippen LogP contribution is 2.13. The van der Waals surface area contributed by atoms with Gasteiger partial charge in [-0.25, -0.2) is 4.98 Å². The predicted molar refractivity (Wildman–Crippen MR) is 97.3 cm³/mol. The first-order valence-corrected chi connectivity index (χ1v) is 8.47. The molecule has 5 heteroatoms. The maximum atomic E-state index is 12.3. The van der Waals surface area contributed by atoms with Crippen LogP contribution in [0.5, 0.6) is 0 Å². The van der Waals surface area contributed by atoms with Crippen molar-refractivity contribution in [2.45, 2.75) is 13.3 Å². The highest BCUT2D eigenvalue weighted by Gasteiger charge is 2.21. The number of pyridine rings is 1. The van der Waals surface area contributed by atoms with Crippen LogP contribution >= 0.6 is 0 Å². The topological polar surface area (TPSA) is 48.5 Å². The van der Waals surface area contributed by atoms with E-state index in [1.807, 2.05) is 41.4 Å².